The second-order valence-corrected chi connectivity index (χ2v) is 7.01. The molecule has 5 rings (SSSR count). The molecule has 1 heterocycles. The van der Waals surface area contributed by atoms with Gasteiger partial charge in [0.2, 0.25) is 0 Å². The number of esters is 1. The van der Waals surface area contributed by atoms with E-state index in [1.807, 2.05) is 98.0 Å². The van der Waals surface area contributed by atoms with Crippen molar-refractivity contribution < 1.29 is 9.53 Å². The van der Waals surface area contributed by atoms with E-state index in [9.17, 15) is 4.79 Å². The molecule has 136 valence electrons. The first-order valence-corrected chi connectivity index (χ1v) is 9.35. The number of ether oxygens (including phenoxy) is 1. The molecule has 0 amide bonds. The highest BCUT2D eigenvalue weighted by Crippen LogP contribution is 2.45. The smallest absolute Gasteiger partial charge is 0.323 e. The van der Waals surface area contributed by atoms with Crippen LogP contribution in [0.4, 0.5) is 11.4 Å². The van der Waals surface area contributed by atoms with E-state index in [0.29, 0.717) is 5.75 Å². The molecular weight excluding hydrogens is 346 g/mol. The van der Waals surface area contributed by atoms with Crippen LogP contribution in [0.25, 0.3) is 10.8 Å². The molecule has 0 atom stereocenters. The number of anilines is 2. The lowest BCUT2D eigenvalue weighted by Crippen LogP contribution is -2.28. The van der Waals surface area contributed by atoms with Crippen LogP contribution in [0.5, 0.6) is 5.75 Å². The minimum atomic E-state index is -0.456. The van der Waals surface area contributed by atoms with Gasteiger partial charge < -0.3 is 9.64 Å². The predicted octanol–water partition coefficient (Wildman–Crippen LogP) is 5.66. The summed E-state index contributed by atoms with van der Waals surface area (Å²) in [6.45, 7) is 0. The molecule has 0 fully saturated rings. The molecule has 0 saturated heterocycles. The lowest BCUT2D eigenvalue weighted by atomic mass is 9.85. The van der Waals surface area contributed by atoms with E-state index in [-0.39, 0.29) is 5.97 Å². The van der Waals surface area contributed by atoms with Crippen LogP contribution >= 0.6 is 0 Å². The maximum absolute atomic E-state index is 13.4. The topological polar surface area (TPSA) is 29.5 Å². The second-order valence-electron chi connectivity index (χ2n) is 7.01. The molecule has 0 aromatic heterocycles. The van der Waals surface area contributed by atoms with E-state index in [0.717, 1.165) is 33.3 Å². The van der Waals surface area contributed by atoms with Crippen molar-refractivity contribution in [1.82, 2.24) is 0 Å². The van der Waals surface area contributed by atoms with Crippen LogP contribution in [0.15, 0.2) is 91.0 Å². The molecule has 28 heavy (non-hydrogen) atoms. The van der Waals surface area contributed by atoms with Gasteiger partial charge in [0.15, 0.2) is 0 Å². The average molecular weight is 365 g/mol. The van der Waals surface area contributed by atoms with E-state index in [4.69, 9.17) is 4.74 Å². The predicted molar refractivity (Wildman–Crippen MR) is 112 cm³/mol. The molecule has 4 aromatic rings. The van der Waals surface area contributed by atoms with Crippen molar-refractivity contribution in [2.24, 2.45) is 0 Å². The van der Waals surface area contributed by atoms with Gasteiger partial charge in [0.1, 0.15) is 11.7 Å². The summed E-state index contributed by atoms with van der Waals surface area (Å²) in [7, 11) is 2.03. The Morgan fingerprint density at radius 1 is 0.750 bits per heavy atom. The molecule has 1 aliphatic rings. The van der Waals surface area contributed by atoms with Crippen LogP contribution in [0.1, 0.15) is 17.0 Å². The SMILES string of the molecule is CN1c2ccccc2C(C(=O)Oc2cccc3ccccc23)c2ccccc21. The van der Waals surface area contributed by atoms with E-state index < -0.39 is 5.92 Å². The summed E-state index contributed by atoms with van der Waals surface area (Å²) in [5, 5.41) is 1.99. The van der Waals surface area contributed by atoms with Gasteiger partial charge in [0.25, 0.3) is 0 Å². The lowest BCUT2D eigenvalue weighted by Gasteiger charge is -2.34. The normalized spacial score (nSPS) is 13.1. The molecule has 0 radical (unpaired) electrons. The fourth-order valence-corrected chi connectivity index (χ4v) is 4.08. The lowest BCUT2D eigenvalue weighted by molar-refractivity contribution is -0.135. The van der Waals surface area contributed by atoms with Crippen molar-refractivity contribution in [3.05, 3.63) is 102 Å². The summed E-state index contributed by atoms with van der Waals surface area (Å²) < 4.78 is 5.96. The van der Waals surface area contributed by atoms with Gasteiger partial charge in [0, 0.05) is 23.8 Å². The highest BCUT2D eigenvalue weighted by molar-refractivity contribution is 5.95. The first-order chi connectivity index (χ1) is 13.7. The summed E-state index contributed by atoms with van der Waals surface area (Å²) in [4.78, 5) is 15.5. The Balaban J connectivity index is 1.61. The van der Waals surface area contributed by atoms with Gasteiger partial charge in [0.05, 0.1) is 0 Å². The Morgan fingerprint density at radius 2 is 1.32 bits per heavy atom. The summed E-state index contributed by atoms with van der Waals surface area (Å²) in [6.07, 6.45) is 0. The fourth-order valence-electron chi connectivity index (χ4n) is 4.08. The maximum atomic E-state index is 13.4. The number of fused-ring (bicyclic) bond motifs is 3. The summed E-state index contributed by atoms with van der Waals surface area (Å²) in [5.41, 5.74) is 3.99. The number of rotatable bonds is 2. The Bertz CT molecular complexity index is 1150. The largest absolute Gasteiger partial charge is 0.425 e. The molecule has 1 aliphatic heterocycles. The quantitative estimate of drug-likeness (QED) is 0.339. The number of para-hydroxylation sites is 2. The van der Waals surface area contributed by atoms with Gasteiger partial charge >= 0.3 is 5.97 Å². The van der Waals surface area contributed by atoms with Gasteiger partial charge in [-0.25, -0.2) is 0 Å². The average Bonchev–Trinajstić information content (AvgIpc) is 2.74. The Kier molecular flexibility index (Phi) is 3.87. The van der Waals surface area contributed by atoms with E-state index >= 15 is 0 Å². The number of benzene rings is 4. The third-order valence-electron chi connectivity index (χ3n) is 5.41. The first kappa shape index (κ1) is 16.6. The highest BCUT2D eigenvalue weighted by Gasteiger charge is 2.34. The molecule has 0 unspecified atom stereocenters. The van der Waals surface area contributed by atoms with Crippen molar-refractivity contribution in [3.63, 3.8) is 0 Å². The highest BCUT2D eigenvalue weighted by atomic mass is 16.5. The van der Waals surface area contributed by atoms with Crippen LogP contribution in [-0.4, -0.2) is 13.0 Å². The summed E-state index contributed by atoms with van der Waals surface area (Å²) in [5.74, 6) is -0.121. The first-order valence-electron chi connectivity index (χ1n) is 9.35. The maximum Gasteiger partial charge on any atom is 0.323 e. The number of carbonyl (C=O) groups is 1. The van der Waals surface area contributed by atoms with Crippen LogP contribution < -0.4 is 9.64 Å². The Morgan fingerprint density at radius 3 is 2.04 bits per heavy atom. The van der Waals surface area contributed by atoms with E-state index in [1.54, 1.807) is 0 Å². The number of hydrogen-bond donors (Lipinski definition) is 0. The van der Waals surface area contributed by atoms with Gasteiger partial charge in [-0.05, 0) is 34.7 Å². The second kappa shape index (κ2) is 6.54. The van der Waals surface area contributed by atoms with Gasteiger partial charge in [-0.2, -0.15) is 0 Å². The molecule has 0 bridgehead atoms. The number of carbonyl (C=O) groups excluding carboxylic acids is 1. The zero-order chi connectivity index (χ0) is 19.1. The fraction of sp³-hybridized carbons (Fsp3) is 0.0800. The van der Waals surface area contributed by atoms with E-state index in [1.165, 1.54) is 0 Å². The molecule has 0 aliphatic carbocycles. The van der Waals surface area contributed by atoms with E-state index in [2.05, 4.69) is 4.90 Å². The zero-order valence-corrected chi connectivity index (χ0v) is 15.5. The van der Waals surface area contributed by atoms with Crippen molar-refractivity contribution >= 4 is 28.1 Å². The Labute approximate surface area is 163 Å². The summed E-state index contributed by atoms with van der Waals surface area (Å²) in [6, 6.07) is 29.8. The molecule has 0 N–H and O–H groups in total. The number of nitrogens with zero attached hydrogens (tertiary/aromatic N) is 1. The zero-order valence-electron chi connectivity index (χ0n) is 15.5. The molecule has 3 heteroatoms. The monoisotopic (exact) mass is 365 g/mol. The van der Waals surface area contributed by atoms with Gasteiger partial charge in [-0.15, -0.1) is 0 Å². The van der Waals surface area contributed by atoms with Crippen LogP contribution in [0.3, 0.4) is 0 Å². The van der Waals surface area contributed by atoms with Crippen LogP contribution in [0, 0.1) is 0 Å². The molecule has 3 nitrogen and oxygen atoms in total. The standard InChI is InChI=1S/C25H19NO2/c1-26-21-14-6-4-12-19(21)24(20-13-5-7-15-22(20)26)25(27)28-23-16-8-10-17-9-2-3-11-18(17)23/h2-16,24H,1H3. The van der Waals surface area contributed by atoms with Crippen molar-refractivity contribution in [2.45, 2.75) is 5.92 Å². The minimum Gasteiger partial charge on any atom is -0.425 e. The minimum absolute atomic E-state index is 0.260. The Hall–Kier alpha value is -3.59. The van der Waals surface area contributed by atoms with Crippen molar-refractivity contribution in [1.29, 1.82) is 0 Å². The molecule has 0 saturated carbocycles. The van der Waals surface area contributed by atoms with Crippen LogP contribution in [0.2, 0.25) is 0 Å². The van der Waals surface area contributed by atoms with Crippen LogP contribution in [-0.2, 0) is 4.79 Å². The third-order valence-corrected chi connectivity index (χ3v) is 5.41. The number of hydrogen-bond acceptors (Lipinski definition) is 3. The molecule has 0 spiro atoms. The summed E-state index contributed by atoms with van der Waals surface area (Å²) >= 11 is 0. The van der Waals surface area contributed by atoms with Crippen molar-refractivity contribution in [2.75, 3.05) is 11.9 Å². The van der Waals surface area contributed by atoms with Gasteiger partial charge in [-0.1, -0.05) is 72.8 Å². The van der Waals surface area contributed by atoms with Gasteiger partial charge in [-0.3, -0.25) is 4.79 Å². The van der Waals surface area contributed by atoms with Crippen molar-refractivity contribution in [3.8, 4) is 5.75 Å². The third kappa shape index (κ3) is 2.55. The molecular formula is C25H19NO2. The molecule has 4 aromatic carbocycles.